The van der Waals surface area contributed by atoms with Gasteiger partial charge in [-0.25, -0.2) is 4.98 Å². The number of hydrogen-bond acceptors (Lipinski definition) is 3. The van der Waals surface area contributed by atoms with Gasteiger partial charge in [0, 0.05) is 23.7 Å². The third-order valence-electron chi connectivity index (χ3n) is 3.97. The smallest absolute Gasteiger partial charge is 0.261 e. The van der Waals surface area contributed by atoms with Crippen molar-refractivity contribution in [1.29, 1.82) is 0 Å². The molecule has 1 heterocycles. The molecule has 1 aromatic heterocycles. The van der Waals surface area contributed by atoms with Crippen LogP contribution in [0.1, 0.15) is 18.4 Å². The molecule has 0 saturated carbocycles. The molecule has 0 spiro atoms. The number of carbonyl (C=O) groups is 1. The first-order chi connectivity index (χ1) is 12.0. The molecule has 0 atom stereocenters. The molecule has 0 bridgehead atoms. The van der Waals surface area contributed by atoms with E-state index in [0.717, 1.165) is 11.1 Å². The maximum Gasteiger partial charge on any atom is 0.261 e. The summed E-state index contributed by atoms with van der Waals surface area (Å²) in [5.41, 5.74) is 2.28. The van der Waals surface area contributed by atoms with E-state index in [1.54, 1.807) is 41.2 Å². The lowest BCUT2D eigenvalue weighted by Gasteiger charge is -2.08. The Balaban J connectivity index is 1.62. The molecule has 0 unspecified atom stereocenters. The summed E-state index contributed by atoms with van der Waals surface area (Å²) < 4.78 is 1.55. The first-order valence-corrected chi connectivity index (χ1v) is 8.42. The maximum atomic E-state index is 12.5. The minimum atomic E-state index is -0.111. The maximum absolute atomic E-state index is 12.5. The van der Waals surface area contributed by atoms with Gasteiger partial charge in [-0.2, -0.15) is 0 Å². The van der Waals surface area contributed by atoms with Gasteiger partial charge in [0.15, 0.2) is 0 Å². The van der Waals surface area contributed by atoms with Gasteiger partial charge in [0.1, 0.15) is 0 Å². The van der Waals surface area contributed by atoms with Crippen LogP contribution in [0.3, 0.4) is 0 Å². The van der Waals surface area contributed by atoms with Gasteiger partial charge in [-0.1, -0.05) is 29.8 Å². The van der Waals surface area contributed by atoms with Crippen molar-refractivity contribution in [3.8, 4) is 0 Å². The molecular formula is C19H18ClN3O2. The van der Waals surface area contributed by atoms with E-state index in [2.05, 4.69) is 10.3 Å². The summed E-state index contributed by atoms with van der Waals surface area (Å²) in [6, 6.07) is 12.6. The fourth-order valence-corrected chi connectivity index (χ4v) is 2.89. The van der Waals surface area contributed by atoms with Crippen LogP contribution in [-0.4, -0.2) is 15.5 Å². The second-order valence-corrected chi connectivity index (χ2v) is 6.31. The number of hydrogen-bond donors (Lipinski definition) is 1. The van der Waals surface area contributed by atoms with Gasteiger partial charge in [-0.15, -0.1) is 0 Å². The number of aryl methyl sites for hydroxylation is 2. The van der Waals surface area contributed by atoms with Gasteiger partial charge in [-0.3, -0.25) is 14.2 Å². The first-order valence-electron chi connectivity index (χ1n) is 8.05. The molecule has 0 fully saturated rings. The monoisotopic (exact) mass is 355 g/mol. The largest absolute Gasteiger partial charge is 0.326 e. The van der Waals surface area contributed by atoms with E-state index in [4.69, 9.17) is 11.6 Å². The van der Waals surface area contributed by atoms with Gasteiger partial charge >= 0.3 is 0 Å². The normalized spacial score (nSPS) is 10.8. The zero-order valence-electron chi connectivity index (χ0n) is 13.8. The van der Waals surface area contributed by atoms with Crippen LogP contribution in [0.4, 0.5) is 5.69 Å². The van der Waals surface area contributed by atoms with Gasteiger partial charge in [-0.05, 0) is 43.2 Å². The molecule has 0 saturated heterocycles. The van der Waals surface area contributed by atoms with Crippen LogP contribution < -0.4 is 10.9 Å². The lowest BCUT2D eigenvalue weighted by atomic mass is 10.1. The summed E-state index contributed by atoms with van der Waals surface area (Å²) in [6.07, 6.45) is 2.41. The molecule has 6 heteroatoms. The second-order valence-electron chi connectivity index (χ2n) is 5.88. The Morgan fingerprint density at radius 2 is 2.04 bits per heavy atom. The van der Waals surface area contributed by atoms with E-state index >= 15 is 0 Å². The number of para-hydroxylation sites is 1. The van der Waals surface area contributed by atoms with Crippen molar-refractivity contribution in [2.24, 2.45) is 0 Å². The summed E-state index contributed by atoms with van der Waals surface area (Å²) in [5.74, 6) is -0.111. The predicted octanol–water partition coefficient (Wildman–Crippen LogP) is 3.78. The standard InChI is InChI=1S/C19H18ClN3O2/c1-13-5-2-8-16-18(13)21-12-23(19(16)25)10-4-9-17(24)22-15-7-3-6-14(20)11-15/h2-3,5-8,11-12H,4,9-10H2,1H3,(H,22,24). The van der Waals surface area contributed by atoms with Crippen LogP contribution in [0.2, 0.25) is 5.02 Å². The Morgan fingerprint density at radius 3 is 2.84 bits per heavy atom. The number of aromatic nitrogens is 2. The number of halogens is 1. The van der Waals surface area contributed by atoms with E-state index in [-0.39, 0.29) is 11.5 Å². The predicted molar refractivity (Wildman–Crippen MR) is 100 cm³/mol. The molecule has 1 amide bonds. The molecule has 2 aromatic carbocycles. The number of nitrogens with one attached hydrogen (secondary N) is 1. The lowest BCUT2D eigenvalue weighted by molar-refractivity contribution is -0.116. The van der Waals surface area contributed by atoms with E-state index in [1.807, 2.05) is 19.1 Å². The minimum absolute atomic E-state index is 0.0797. The summed E-state index contributed by atoms with van der Waals surface area (Å²) in [5, 5.41) is 3.97. The fraction of sp³-hybridized carbons (Fsp3) is 0.211. The molecule has 0 radical (unpaired) electrons. The van der Waals surface area contributed by atoms with Crippen LogP contribution in [0.25, 0.3) is 10.9 Å². The molecule has 5 nitrogen and oxygen atoms in total. The molecule has 1 N–H and O–H groups in total. The number of fused-ring (bicyclic) bond motifs is 1. The van der Waals surface area contributed by atoms with Crippen molar-refractivity contribution < 1.29 is 4.79 Å². The molecule has 25 heavy (non-hydrogen) atoms. The average molecular weight is 356 g/mol. The van der Waals surface area contributed by atoms with Gasteiger partial charge in [0.05, 0.1) is 17.2 Å². The van der Waals surface area contributed by atoms with Crippen molar-refractivity contribution in [3.63, 3.8) is 0 Å². The number of rotatable bonds is 5. The first kappa shape index (κ1) is 17.2. The zero-order valence-corrected chi connectivity index (χ0v) is 14.6. The van der Waals surface area contributed by atoms with E-state index in [9.17, 15) is 9.59 Å². The molecule has 128 valence electrons. The van der Waals surface area contributed by atoms with Crippen LogP contribution in [0, 0.1) is 6.92 Å². The number of carbonyl (C=O) groups excluding carboxylic acids is 1. The Labute approximate surface area is 150 Å². The highest BCUT2D eigenvalue weighted by Gasteiger charge is 2.07. The molecule has 0 aliphatic carbocycles. The van der Waals surface area contributed by atoms with Crippen LogP contribution >= 0.6 is 11.6 Å². The molecule has 0 aliphatic heterocycles. The summed E-state index contributed by atoms with van der Waals surface area (Å²) in [4.78, 5) is 28.9. The Bertz CT molecular complexity index is 982. The van der Waals surface area contributed by atoms with Crippen molar-refractivity contribution in [2.75, 3.05) is 5.32 Å². The van der Waals surface area contributed by atoms with Gasteiger partial charge < -0.3 is 5.32 Å². The zero-order chi connectivity index (χ0) is 17.8. The topological polar surface area (TPSA) is 64.0 Å². The van der Waals surface area contributed by atoms with E-state index < -0.39 is 0 Å². The molecule has 3 rings (SSSR count). The molecule has 0 aliphatic rings. The Hall–Kier alpha value is -2.66. The number of nitrogens with zero attached hydrogens (tertiary/aromatic N) is 2. The third-order valence-corrected chi connectivity index (χ3v) is 4.20. The van der Waals surface area contributed by atoms with Crippen LogP contribution in [0.15, 0.2) is 53.6 Å². The van der Waals surface area contributed by atoms with Gasteiger partial charge in [0.2, 0.25) is 5.91 Å². The summed E-state index contributed by atoms with van der Waals surface area (Å²) in [6.45, 7) is 2.37. The minimum Gasteiger partial charge on any atom is -0.326 e. The highest BCUT2D eigenvalue weighted by molar-refractivity contribution is 6.30. The van der Waals surface area contributed by atoms with Crippen molar-refractivity contribution in [3.05, 3.63) is 69.7 Å². The summed E-state index contributed by atoms with van der Waals surface area (Å²) in [7, 11) is 0. The number of amides is 1. The van der Waals surface area contributed by atoms with Gasteiger partial charge in [0.25, 0.3) is 5.56 Å². The number of benzene rings is 2. The van der Waals surface area contributed by atoms with Crippen molar-refractivity contribution in [1.82, 2.24) is 9.55 Å². The van der Waals surface area contributed by atoms with E-state index in [1.165, 1.54) is 0 Å². The van der Waals surface area contributed by atoms with Crippen molar-refractivity contribution in [2.45, 2.75) is 26.3 Å². The highest BCUT2D eigenvalue weighted by atomic mass is 35.5. The second kappa shape index (κ2) is 7.49. The molecular weight excluding hydrogens is 338 g/mol. The van der Waals surface area contributed by atoms with Crippen molar-refractivity contribution >= 4 is 34.1 Å². The average Bonchev–Trinajstić information content (AvgIpc) is 2.57. The molecule has 3 aromatic rings. The quantitative estimate of drug-likeness (QED) is 0.757. The summed E-state index contributed by atoms with van der Waals surface area (Å²) >= 11 is 5.89. The number of anilines is 1. The lowest BCUT2D eigenvalue weighted by Crippen LogP contribution is -2.22. The Kier molecular flexibility index (Phi) is 5.14. The van der Waals surface area contributed by atoms with Crippen LogP contribution in [0.5, 0.6) is 0 Å². The highest BCUT2D eigenvalue weighted by Crippen LogP contribution is 2.15. The van der Waals surface area contributed by atoms with E-state index in [0.29, 0.717) is 35.5 Å². The SMILES string of the molecule is Cc1cccc2c(=O)n(CCCC(=O)Nc3cccc(Cl)c3)cnc12. The third kappa shape index (κ3) is 4.06. The Morgan fingerprint density at radius 1 is 1.24 bits per heavy atom. The van der Waals surface area contributed by atoms with Crippen LogP contribution in [-0.2, 0) is 11.3 Å². The fourth-order valence-electron chi connectivity index (χ4n) is 2.70.